The van der Waals surface area contributed by atoms with E-state index in [1.54, 1.807) is 0 Å². The summed E-state index contributed by atoms with van der Waals surface area (Å²) in [6, 6.07) is 15.8. The molecule has 2 atom stereocenters. The molecule has 4 rings (SSSR count). The van der Waals surface area contributed by atoms with E-state index in [2.05, 4.69) is 41.2 Å². The molecule has 26 heavy (non-hydrogen) atoms. The molecule has 0 unspecified atom stereocenters. The number of likely N-dealkylation sites (N-methyl/N-ethyl adjacent to an activating group) is 1. The molecule has 0 aromatic heterocycles. The van der Waals surface area contributed by atoms with Crippen LogP contribution >= 0.6 is 11.6 Å². The molecule has 4 nitrogen and oxygen atoms in total. The number of carbonyl (C=O) groups is 1. The molecule has 1 saturated heterocycles. The third-order valence-corrected chi connectivity index (χ3v) is 5.55. The molecule has 1 spiro atoms. The summed E-state index contributed by atoms with van der Waals surface area (Å²) in [5.41, 5.74) is 2.98. The first-order valence-electron chi connectivity index (χ1n) is 8.80. The van der Waals surface area contributed by atoms with Crippen LogP contribution in [0.2, 0.25) is 5.02 Å². The molecule has 0 aliphatic carbocycles. The van der Waals surface area contributed by atoms with Crippen molar-refractivity contribution in [2.75, 3.05) is 20.1 Å². The molecule has 0 radical (unpaired) electrons. The van der Waals surface area contributed by atoms with Crippen LogP contribution in [0.4, 0.5) is 0 Å². The van der Waals surface area contributed by atoms with E-state index < -0.39 is 5.60 Å². The normalized spacial score (nSPS) is 26.0. The molecule has 0 saturated carbocycles. The monoisotopic (exact) mass is 368 g/mol. The van der Waals surface area contributed by atoms with E-state index in [1.165, 1.54) is 5.56 Å². The maximum Gasteiger partial charge on any atom is 0.220 e. The van der Waals surface area contributed by atoms with Crippen molar-refractivity contribution in [1.29, 1.82) is 0 Å². The van der Waals surface area contributed by atoms with Crippen molar-refractivity contribution < 1.29 is 9.63 Å². The lowest BCUT2D eigenvalue weighted by Crippen LogP contribution is -2.57. The van der Waals surface area contributed by atoms with Crippen LogP contribution in [-0.2, 0) is 9.63 Å². The molecule has 2 aromatic carbocycles. The zero-order valence-electron chi connectivity index (χ0n) is 14.9. The van der Waals surface area contributed by atoms with E-state index in [4.69, 9.17) is 16.4 Å². The molecule has 2 heterocycles. The number of carbonyl (C=O) groups excluding carboxylic acids is 1. The van der Waals surface area contributed by atoms with Gasteiger partial charge in [-0.05, 0) is 31.7 Å². The van der Waals surface area contributed by atoms with Crippen LogP contribution in [0.25, 0.3) is 0 Å². The zero-order chi connectivity index (χ0) is 18.3. The van der Waals surface area contributed by atoms with E-state index in [0.29, 0.717) is 18.0 Å². The Balaban J connectivity index is 1.83. The van der Waals surface area contributed by atoms with Gasteiger partial charge in [0.1, 0.15) is 0 Å². The lowest BCUT2D eigenvalue weighted by molar-refractivity contribution is -0.150. The smallest absolute Gasteiger partial charge is 0.220 e. The van der Waals surface area contributed by atoms with E-state index in [1.807, 2.05) is 31.3 Å². The Morgan fingerprint density at radius 2 is 1.85 bits per heavy atom. The van der Waals surface area contributed by atoms with Crippen LogP contribution in [0.1, 0.15) is 29.0 Å². The Labute approximate surface area is 158 Å². The number of likely N-dealkylation sites (tertiary alicyclic amines) is 1. The quantitative estimate of drug-likeness (QED) is 0.809. The molecule has 134 valence electrons. The van der Waals surface area contributed by atoms with Gasteiger partial charge in [0, 0.05) is 30.1 Å². The third-order valence-electron chi connectivity index (χ3n) is 5.29. The number of hydrogen-bond acceptors (Lipinski definition) is 4. The van der Waals surface area contributed by atoms with Crippen LogP contribution in [-0.4, -0.2) is 42.1 Å². The molecular weight excluding hydrogens is 348 g/mol. The van der Waals surface area contributed by atoms with Gasteiger partial charge in [0.05, 0.1) is 11.6 Å². The number of ketones is 1. The van der Waals surface area contributed by atoms with Crippen LogP contribution in [0.15, 0.2) is 53.7 Å². The van der Waals surface area contributed by atoms with Crippen molar-refractivity contribution in [3.05, 3.63) is 70.2 Å². The minimum atomic E-state index is -0.961. The van der Waals surface area contributed by atoms with Gasteiger partial charge in [0.25, 0.3) is 0 Å². The molecule has 5 heteroatoms. The highest BCUT2D eigenvalue weighted by molar-refractivity contribution is 6.30. The first-order chi connectivity index (χ1) is 12.5. The SMILES string of the molecule is Cc1ccc([C@H]2C(c3ccc(Cl)cc3)=NO[C@@]23CN(C)CCC3=O)cc1. The van der Waals surface area contributed by atoms with Crippen molar-refractivity contribution in [3.63, 3.8) is 0 Å². The fourth-order valence-corrected chi connectivity index (χ4v) is 4.01. The number of Topliss-reactive ketones (excluding diaryl/α,β-unsaturated/α-hetero) is 1. The van der Waals surface area contributed by atoms with Gasteiger partial charge >= 0.3 is 0 Å². The third kappa shape index (κ3) is 2.83. The Bertz CT molecular complexity index is 861. The molecule has 0 N–H and O–H groups in total. The summed E-state index contributed by atoms with van der Waals surface area (Å²) in [4.78, 5) is 21.1. The van der Waals surface area contributed by atoms with Crippen LogP contribution in [0.3, 0.4) is 0 Å². The van der Waals surface area contributed by atoms with Crippen molar-refractivity contribution >= 4 is 23.1 Å². The largest absolute Gasteiger partial charge is 0.378 e. The van der Waals surface area contributed by atoms with Gasteiger partial charge < -0.3 is 9.74 Å². The van der Waals surface area contributed by atoms with Gasteiger partial charge in [0.2, 0.25) is 5.60 Å². The zero-order valence-corrected chi connectivity index (χ0v) is 15.7. The molecule has 0 amide bonds. The maximum atomic E-state index is 13.0. The number of piperidine rings is 1. The summed E-state index contributed by atoms with van der Waals surface area (Å²) in [6.45, 7) is 3.34. The Kier molecular flexibility index (Phi) is 4.33. The predicted molar refractivity (Wildman–Crippen MR) is 103 cm³/mol. The first-order valence-corrected chi connectivity index (χ1v) is 9.18. The number of aryl methyl sites for hydroxylation is 1. The Morgan fingerprint density at radius 1 is 1.15 bits per heavy atom. The Morgan fingerprint density at radius 3 is 2.54 bits per heavy atom. The van der Waals surface area contributed by atoms with Crippen molar-refractivity contribution in [1.82, 2.24) is 4.90 Å². The van der Waals surface area contributed by atoms with Gasteiger partial charge in [-0.3, -0.25) is 4.79 Å². The number of hydrogen-bond donors (Lipinski definition) is 0. The topological polar surface area (TPSA) is 41.9 Å². The van der Waals surface area contributed by atoms with Gasteiger partial charge in [-0.2, -0.15) is 0 Å². The second-order valence-corrected chi connectivity index (χ2v) is 7.66. The van der Waals surface area contributed by atoms with Gasteiger partial charge in [-0.15, -0.1) is 0 Å². The van der Waals surface area contributed by atoms with Gasteiger partial charge in [0.15, 0.2) is 5.78 Å². The second-order valence-electron chi connectivity index (χ2n) is 7.22. The standard InChI is InChI=1S/C21H21ClN2O2/c1-14-3-5-15(6-4-14)19-20(16-7-9-17(22)10-8-16)23-26-21(19)13-24(2)12-11-18(21)25/h3-10,19H,11-13H2,1-2H3/t19-,21+/m0/s1. The summed E-state index contributed by atoms with van der Waals surface area (Å²) >= 11 is 6.04. The molecule has 0 bridgehead atoms. The highest BCUT2D eigenvalue weighted by atomic mass is 35.5. The molecule has 2 aliphatic rings. The Hall–Kier alpha value is -2.17. The molecular formula is C21H21ClN2O2. The lowest BCUT2D eigenvalue weighted by atomic mass is 9.73. The van der Waals surface area contributed by atoms with Crippen molar-refractivity contribution in [2.24, 2.45) is 5.16 Å². The van der Waals surface area contributed by atoms with E-state index in [-0.39, 0.29) is 11.7 Å². The van der Waals surface area contributed by atoms with Crippen LogP contribution in [0, 0.1) is 6.92 Å². The number of nitrogens with zero attached hydrogens (tertiary/aromatic N) is 2. The van der Waals surface area contributed by atoms with Gasteiger partial charge in [-0.1, -0.05) is 58.7 Å². The second kappa shape index (κ2) is 6.53. The van der Waals surface area contributed by atoms with Crippen LogP contribution < -0.4 is 0 Å². The summed E-state index contributed by atoms with van der Waals surface area (Å²) in [6.07, 6.45) is 0.474. The fraction of sp³-hybridized carbons (Fsp3) is 0.333. The maximum absolute atomic E-state index is 13.0. The highest BCUT2D eigenvalue weighted by Gasteiger charge is 2.57. The van der Waals surface area contributed by atoms with Crippen LogP contribution in [0.5, 0.6) is 0 Å². The van der Waals surface area contributed by atoms with Crippen molar-refractivity contribution in [2.45, 2.75) is 24.9 Å². The summed E-state index contributed by atoms with van der Waals surface area (Å²) in [5.74, 6) is -0.117. The minimum Gasteiger partial charge on any atom is -0.378 e. The number of rotatable bonds is 2. The van der Waals surface area contributed by atoms with E-state index >= 15 is 0 Å². The fourth-order valence-electron chi connectivity index (χ4n) is 3.89. The van der Waals surface area contributed by atoms with Gasteiger partial charge in [-0.25, -0.2) is 0 Å². The average molecular weight is 369 g/mol. The number of halogens is 1. The van der Waals surface area contributed by atoms with E-state index in [0.717, 1.165) is 23.4 Å². The predicted octanol–water partition coefficient (Wildman–Crippen LogP) is 3.81. The summed E-state index contributed by atoms with van der Waals surface area (Å²) in [5, 5.41) is 5.07. The lowest BCUT2D eigenvalue weighted by Gasteiger charge is -2.39. The van der Waals surface area contributed by atoms with E-state index in [9.17, 15) is 4.79 Å². The molecule has 2 aliphatic heterocycles. The summed E-state index contributed by atoms with van der Waals surface area (Å²) in [7, 11) is 2.02. The summed E-state index contributed by atoms with van der Waals surface area (Å²) < 4.78 is 0. The number of oxime groups is 1. The highest BCUT2D eigenvalue weighted by Crippen LogP contribution is 2.43. The average Bonchev–Trinajstić information content (AvgIpc) is 3.00. The molecule has 2 aromatic rings. The van der Waals surface area contributed by atoms with Crippen molar-refractivity contribution in [3.8, 4) is 0 Å². The molecule has 1 fully saturated rings. The number of benzene rings is 2. The first kappa shape index (κ1) is 17.3. The minimum absolute atomic E-state index is 0.119.